The molecule has 0 aromatic heterocycles. The number of non-ortho nitro benzene ring substituents is 1. The molecule has 0 aliphatic rings. The van der Waals surface area contributed by atoms with Crippen molar-refractivity contribution in [2.45, 2.75) is 25.2 Å². The lowest BCUT2D eigenvalue weighted by atomic mass is 10.1. The van der Waals surface area contributed by atoms with E-state index in [1.807, 2.05) is 32.0 Å². The van der Waals surface area contributed by atoms with Gasteiger partial charge in [0.15, 0.2) is 0 Å². The highest BCUT2D eigenvalue weighted by Gasteiger charge is 2.28. The number of nitro benzene ring substituents is 1. The second-order valence-electron chi connectivity index (χ2n) is 7.11. The van der Waals surface area contributed by atoms with E-state index < -0.39 is 27.4 Å². The normalized spacial score (nSPS) is 11.1. The van der Waals surface area contributed by atoms with Gasteiger partial charge in [0.1, 0.15) is 6.54 Å². The number of nitro groups is 1. The second kappa shape index (κ2) is 9.61. The Morgan fingerprint density at radius 2 is 1.72 bits per heavy atom. The third-order valence-corrected chi connectivity index (χ3v) is 6.74. The van der Waals surface area contributed by atoms with Crippen LogP contribution in [-0.2, 0) is 21.2 Å². The van der Waals surface area contributed by atoms with Gasteiger partial charge in [-0.2, -0.15) is 0 Å². The first kappa shape index (κ1) is 23.0. The standard InChI is InChI=1S/C23H23N3O5S/c1-3-18-10-7-9-17(2)23(18)24-22(27)16-25(19-11-8-12-20(15-19)26(28)29)32(30,31)21-13-5-4-6-14-21/h4-15H,3,16H2,1-2H3,(H,24,27). The number of para-hydroxylation sites is 1. The van der Waals surface area contributed by atoms with E-state index in [1.54, 1.807) is 18.2 Å². The fraction of sp³-hybridized carbons (Fsp3) is 0.174. The maximum atomic E-state index is 13.4. The Hall–Kier alpha value is -3.72. The molecule has 0 bridgehead atoms. The number of rotatable bonds is 8. The smallest absolute Gasteiger partial charge is 0.271 e. The number of hydrogen-bond donors (Lipinski definition) is 1. The van der Waals surface area contributed by atoms with Crippen LogP contribution in [0, 0.1) is 17.0 Å². The summed E-state index contributed by atoms with van der Waals surface area (Å²) in [4.78, 5) is 23.6. The minimum atomic E-state index is -4.16. The van der Waals surface area contributed by atoms with Crippen LogP contribution in [0.4, 0.5) is 17.1 Å². The van der Waals surface area contributed by atoms with Crippen molar-refractivity contribution in [3.8, 4) is 0 Å². The van der Waals surface area contributed by atoms with E-state index in [2.05, 4.69) is 5.32 Å². The molecule has 1 amide bonds. The highest BCUT2D eigenvalue weighted by Crippen LogP contribution is 2.27. The summed E-state index contributed by atoms with van der Waals surface area (Å²) in [6.45, 7) is 3.27. The SMILES string of the molecule is CCc1cccc(C)c1NC(=O)CN(c1cccc([N+](=O)[O-])c1)S(=O)(=O)c1ccccc1. The average Bonchev–Trinajstić information content (AvgIpc) is 2.79. The fourth-order valence-corrected chi connectivity index (χ4v) is 4.74. The zero-order valence-corrected chi connectivity index (χ0v) is 18.5. The van der Waals surface area contributed by atoms with Gasteiger partial charge in [0.25, 0.3) is 15.7 Å². The summed E-state index contributed by atoms with van der Waals surface area (Å²) in [5.41, 5.74) is 2.16. The van der Waals surface area contributed by atoms with Crippen molar-refractivity contribution in [1.82, 2.24) is 0 Å². The first-order chi connectivity index (χ1) is 15.2. The number of anilines is 2. The van der Waals surface area contributed by atoms with E-state index in [0.717, 1.165) is 21.5 Å². The molecule has 8 nitrogen and oxygen atoms in total. The number of benzene rings is 3. The highest BCUT2D eigenvalue weighted by atomic mass is 32.2. The van der Waals surface area contributed by atoms with E-state index in [1.165, 1.54) is 30.3 Å². The first-order valence-electron chi connectivity index (χ1n) is 9.94. The Morgan fingerprint density at radius 1 is 1.03 bits per heavy atom. The lowest BCUT2D eigenvalue weighted by Crippen LogP contribution is -2.38. The van der Waals surface area contributed by atoms with Crippen LogP contribution in [0.15, 0.2) is 77.7 Å². The summed E-state index contributed by atoms with van der Waals surface area (Å²) in [6, 6.07) is 18.5. The average molecular weight is 454 g/mol. The van der Waals surface area contributed by atoms with Gasteiger partial charge in [-0.1, -0.05) is 49.4 Å². The monoisotopic (exact) mass is 453 g/mol. The third-order valence-electron chi connectivity index (χ3n) is 4.95. The zero-order valence-electron chi connectivity index (χ0n) is 17.7. The van der Waals surface area contributed by atoms with Crippen LogP contribution in [0.2, 0.25) is 0 Å². The molecule has 166 valence electrons. The van der Waals surface area contributed by atoms with E-state index in [0.29, 0.717) is 12.1 Å². The molecule has 3 aromatic carbocycles. The zero-order chi connectivity index (χ0) is 23.3. The van der Waals surface area contributed by atoms with Gasteiger partial charge in [-0.15, -0.1) is 0 Å². The Labute approximate surface area is 186 Å². The van der Waals surface area contributed by atoms with Crippen molar-refractivity contribution in [2.24, 2.45) is 0 Å². The van der Waals surface area contributed by atoms with E-state index in [-0.39, 0.29) is 16.3 Å². The number of aryl methyl sites for hydroxylation is 2. The minimum absolute atomic E-state index is 0.0237. The molecule has 3 rings (SSSR count). The highest BCUT2D eigenvalue weighted by molar-refractivity contribution is 7.92. The maximum absolute atomic E-state index is 13.4. The molecule has 32 heavy (non-hydrogen) atoms. The minimum Gasteiger partial charge on any atom is -0.324 e. The van der Waals surface area contributed by atoms with Gasteiger partial charge in [-0.3, -0.25) is 19.2 Å². The number of nitrogens with one attached hydrogen (secondary N) is 1. The molecule has 3 aromatic rings. The van der Waals surface area contributed by atoms with Gasteiger partial charge in [0.05, 0.1) is 15.5 Å². The second-order valence-corrected chi connectivity index (χ2v) is 8.97. The van der Waals surface area contributed by atoms with Crippen molar-refractivity contribution in [3.63, 3.8) is 0 Å². The van der Waals surface area contributed by atoms with Gasteiger partial charge < -0.3 is 5.32 Å². The van der Waals surface area contributed by atoms with Crippen LogP contribution in [0.1, 0.15) is 18.1 Å². The van der Waals surface area contributed by atoms with Crippen LogP contribution in [-0.4, -0.2) is 25.8 Å². The molecule has 9 heteroatoms. The lowest BCUT2D eigenvalue weighted by Gasteiger charge is -2.24. The predicted octanol–water partition coefficient (Wildman–Crippen LogP) is 4.30. The fourth-order valence-electron chi connectivity index (χ4n) is 3.31. The van der Waals surface area contributed by atoms with Gasteiger partial charge >= 0.3 is 0 Å². The molecule has 0 saturated carbocycles. The van der Waals surface area contributed by atoms with Crippen LogP contribution < -0.4 is 9.62 Å². The molecular weight excluding hydrogens is 430 g/mol. The topological polar surface area (TPSA) is 110 Å². The summed E-state index contributed by atoms with van der Waals surface area (Å²) < 4.78 is 27.6. The van der Waals surface area contributed by atoms with Crippen molar-refractivity contribution in [3.05, 3.63) is 94.0 Å². The van der Waals surface area contributed by atoms with Crippen LogP contribution in [0.25, 0.3) is 0 Å². The molecule has 0 saturated heterocycles. The van der Waals surface area contributed by atoms with Crippen molar-refractivity contribution in [1.29, 1.82) is 0 Å². The van der Waals surface area contributed by atoms with Gasteiger partial charge in [-0.25, -0.2) is 8.42 Å². The summed E-state index contributed by atoms with van der Waals surface area (Å²) in [5.74, 6) is -0.556. The Bertz CT molecular complexity index is 1240. The molecule has 0 unspecified atom stereocenters. The van der Waals surface area contributed by atoms with E-state index in [9.17, 15) is 23.3 Å². The molecule has 1 N–H and O–H groups in total. The lowest BCUT2D eigenvalue weighted by molar-refractivity contribution is -0.384. The van der Waals surface area contributed by atoms with Crippen molar-refractivity contribution in [2.75, 3.05) is 16.2 Å². The van der Waals surface area contributed by atoms with Crippen molar-refractivity contribution >= 4 is 33.0 Å². The summed E-state index contributed by atoms with van der Waals surface area (Å²) >= 11 is 0. The van der Waals surface area contributed by atoms with Gasteiger partial charge in [0.2, 0.25) is 5.91 Å². The number of carbonyl (C=O) groups is 1. The predicted molar refractivity (Wildman–Crippen MR) is 123 cm³/mol. The van der Waals surface area contributed by atoms with Crippen LogP contribution in [0.5, 0.6) is 0 Å². The Kier molecular flexibility index (Phi) is 6.89. The quantitative estimate of drug-likeness (QED) is 0.404. The van der Waals surface area contributed by atoms with Gasteiger partial charge in [-0.05, 0) is 42.7 Å². The third kappa shape index (κ3) is 4.94. The molecular formula is C23H23N3O5S. The number of carbonyl (C=O) groups excluding carboxylic acids is 1. The first-order valence-corrected chi connectivity index (χ1v) is 11.4. The van der Waals surface area contributed by atoms with Gasteiger partial charge in [0, 0.05) is 17.8 Å². The van der Waals surface area contributed by atoms with Crippen LogP contribution >= 0.6 is 0 Å². The molecule has 0 spiro atoms. The molecule has 0 fully saturated rings. The van der Waals surface area contributed by atoms with E-state index in [4.69, 9.17) is 0 Å². The summed E-state index contributed by atoms with van der Waals surface area (Å²) in [7, 11) is -4.16. The van der Waals surface area contributed by atoms with E-state index >= 15 is 0 Å². The maximum Gasteiger partial charge on any atom is 0.271 e. The number of nitrogens with zero attached hydrogens (tertiary/aromatic N) is 2. The number of amides is 1. The van der Waals surface area contributed by atoms with Crippen molar-refractivity contribution < 1.29 is 18.1 Å². The number of sulfonamides is 1. The molecule has 0 aliphatic heterocycles. The molecule has 0 atom stereocenters. The molecule has 0 heterocycles. The molecule has 0 radical (unpaired) electrons. The Balaban J connectivity index is 2.01. The summed E-state index contributed by atoms with van der Waals surface area (Å²) in [5, 5.41) is 14.0. The largest absolute Gasteiger partial charge is 0.324 e. The summed E-state index contributed by atoms with van der Waals surface area (Å²) in [6.07, 6.45) is 0.689. The number of hydrogen-bond acceptors (Lipinski definition) is 5. The molecule has 0 aliphatic carbocycles. The van der Waals surface area contributed by atoms with Crippen LogP contribution in [0.3, 0.4) is 0 Å². The Morgan fingerprint density at radius 3 is 2.38 bits per heavy atom.